The summed E-state index contributed by atoms with van der Waals surface area (Å²) in [4.78, 5) is 0. The fraction of sp³-hybridized carbons (Fsp3) is 0.714. The molecule has 0 spiro atoms. The second kappa shape index (κ2) is 11.4. The van der Waals surface area contributed by atoms with Gasteiger partial charge in [0, 0.05) is 5.92 Å². The lowest BCUT2D eigenvalue weighted by molar-refractivity contribution is -0.351. The standard InChI is InChI=1S/C21H32O13/c1-31-12-4-8(2-3-10(12)24)11(25)5-9-15(26)19(14(7-23)32-20(9)30)34-21-18(29)17(28)16(27)13(6-22)33-21/h2-4,9,11,13-30H,5-7H2,1H3/t9-,11?,13-,14-,15-,16-,17+,18-,19-,20-,21-/m1/s1. The molecule has 1 aromatic carbocycles. The molecule has 11 atom stereocenters. The molecule has 9 N–H and O–H groups in total. The first-order valence-corrected chi connectivity index (χ1v) is 10.8. The van der Waals surface area contributed by atoms with E-state index in [-0.39, 0.29) is 17.9 Å². The summed E-state index contributed by atoms with van der Waals surface area (Å²) in [7, 11) is 1.34. The topological polar surface area (TPSA) is 219 Å². The normalized spacial score (nSPS) is 39.6. The Hall–Kier alpha value is -1.62. The van der Waals surface area contributed by atoms with Crippen molar-refractivity contribution in [1.29, 1.82) is 0 Å². The van der Waals surface area contributed by atoms with Crippen LogP contribution in [0, 0.1) is 5.92 Å². The van der Waals surface area contributed by atoms with Crippen molar-refractivity contribution >= 4 is 0 Å². The Bertz CT molecular complexity index is 792. The molecule has 2 fully saturated rings. The van der Waals surface area contributed by atoms with Crippen molar-refractivity contribution < 1.29 is 64.9 Å². The molecule has 2 aliphatic rings. The summed E-state index contributed by atoms with van der Waals surface area (Å²) in [5.41, 5.74) is 0.324. The number of phenolic OH excluding ortho intramolecular Hbond substituents is 1. The first-order valence-electron chi connectivity index (χ1n) is 10.8. The van der Waals surface area contributed by atoms with Gasteiger partial charge in [0.05, 0.1) is 32.5 Å². The SMILES string of the molecule is COc1cc(C(O)C[C@@H]2[C@@H](O)[C@H](O[C@H]3O[C@H](CO)[C@@H](O)[C@H](O)[C@H]3O)[C@@H](CO)O[C@H]2O)ccc1O. The van der Waals surface area contributed by atoms with Crippen LogP contribution in [0.4, 0.5) is 0 Å². The molecule has 3 rings (SSSR count). The molecule has 0 aliphatic carbocycles. The molecule has 0 aromatic heterocycles. The van der Waals surface area contributed by atoms with E-state index in [4.69, 9.17) is 18.9 Å². The number of aliphatic hydroxyl groups excluding tert-OH is 8. The number of aromatic hydroxyl groups is 1. The zero-order valence-electron chi connectivity index (χ0n) is 18.4. The molecule has 0 saturated carbocycles. The van der Waals surface area contributed by atoms with Gasteiger partial charge in [0.25, 0.3) is 0 Å². The molecule has 1 unspecified atom stereocenters. The van der Waals surface area contributed by atoms with Crippen molar-refractivity contribution in [3.8, 4) is 11.5 Å². The maximum absolute atomic E-state index is 10.9. The van der Waals surface area contributed by atoms with Crippen LogP contribution in [0.3, 0.4) is 0 Å². The monoisotopic (exact) mass is 492 g/mol. The molecule has 13 nitrogen and oxygen atoms in total. The van der Waals surface area contributed by atoms with Gasteiger partial charge in [0.1, 0.15) is 36.6 Å². The van der Waals surface area contributed by atoms with E-state index < -0.39 is 80.5 Å². The number of ether oxygens (including phenoxy) is 4. The average molecular weight is 492 g/mol. The van der Waals surface area contributed by atoms with Crippen LogP contribution in [0.1, 0.15) is 18.1 Å². The molecule has 2 heterocycles. The van der Waals surface area contributed by atoms with Crippen molar-refractivity contribution in [1.82, 2.24) is 0 Å². The number of methoxy groups -OCH3 is 1. The molecule has 2 aliphatic heterocycles. The Morgan fingerprint density at radius 3 is 2.21 bits per heavy atom. The molecule has 2 saturated heterocycles. The lowest BCUT2D eigenvalue weighted by atomic mass is 9.85. The number of phenols is 1. The molecule has 194 valence electrons. The predicted molar refractivity (Wildman–Crippen MR) is 110 cm³/mol. The zero-order valence-corrected chi connectivity index (χ0v) is 18.4. The predicted octanol–water partition coefficient (Wildman–Crippen LogP) is -3.30. The van der Waals surface area contributed by atoms with Gasteiger partial charge in [-0.05, 0) is 24.1 Å². The molecule has 0 amide bonds. The third-order valence-electron chi connectivity index (χ3n) is 6.23. The number of benzene rings is 1. The summed E-state index contributed by atoms with van der Waals surface area (Å²) < 4.78 is 21.3. The highest BCUT2D eigenvalue weighted by Crippen LogP contribution is 2.37. The summed E-state index contributed by atoms with van der Waals surface area (Å²) in [6.45, 7) is -1.39. The van der Waals surface area contributed by atoms with Gasteiger partial charge in [-0.15, -0.1) is 0 Å². The van der Waals surface area contributed by atoms with Crippen LogP contribution >= 0.6 is 0 Å². The van der Waals surface area contributed by atoms with Crippen molar-refractivity contribution in [3.05, 3.63) is 23.8 Å². The second-order valence-corrected chi connectivity index (χ2v) is 8.38. The van der Waals surface area contributed by atoms with Crippen LogP contribution in [0.25, 0.3) is 0 Å². The first kappa shape index (κ1) is 27.0. The summed E-state index contributed by atoms with van der Waals surface area (Å²) in [6.07, 6.45) is -15.2. The van der Waals surface area contributed by atoms with Gasteiger partial charge in [-0.3, -0.25) is 0 Å². The average Bonchev–Trinajstić information content (AvgIpc) is 2.83. The van der Waals surface area contributed by atoms with Crippen LogP contribution in [-0.4, -0.2) is 122 Å². The highest BCUT2D eigenvalue weighted by Gasteiger charge is 2.50. The number of aliphatic hydroxyl groups is 8. The van der Waals surface area contributed by atoms with Gasteiger partial charge < -0.3 is 64.9 Å². The molecule has 0 bridgehead atoms. The third-order valence-corrected chi connectivity index (χ3v) is 6.23. The van der Waals surface area contributed by atoms with Gasteiger partial charge in [-0.1, -0.05) is 6.07 Å². The summed E-state index contributed by atoms with van der Waals surface area (Å²) >= 11 is 0. The van der Waals surface area contributed by atoms with Crippen LogP contribution in [0.15, 0.2) is 18.2 Å². The molecular formula is C21H32O13. The maximum atomic E-state index is 10.9. The minimum atomic E-state index is -1.76. The first-order chi connectivity index (χ1) is 16.1. The summed E-state index contributed by atoms with van der Waals surface area (Å²) in [5, 5.41) is 90.9. The zero-order chi connectivity index (χ0) is 25.2. The van der Waals surface area contributed by atoms with Gasteiger partial charge in [-0.25, -0.2) is 0 Å². The minimum absolute atomic E-state index is 0.113. The Morgan fingerprint density at radius 1 is 0.912 bits per heavy atom. The fourth-order valence-corrected chi connectivity index (χ4v) is 4.19. The van der Waals surface area contributed by atoms with Crippen LogP contribution in [0.2, 0.25) is 0 Å². The maximum Gasteiger partial charge on any atom is 0.187 e. The van der Waals surface area contributed by atoms with Gasteiger partial charge in [0.15, 0.2) is 24.1 Å². The van der Waals surface area contributed by atoms with Crippen LogP contribution < -0.4 is 4.74 Å². The lowest BCUT2D eigenvalue weighted by Crippen LogP contribution is -2.63. The number of rotatable bonds is 8. The van der Waals surface area contributed by atoms with E-state index in [2.05, 4.69) is 0 Å². The quantitative estimate of drug-likeness (QED) is 0.174. The van der Waals surface area contributed by atoms with Gasteiger partial charge in [-0.2, -0.15) is 0 Å². The van der Waals surface area contributed by atoms with E-state index in [0.29, 0.717) is 5.56 Å². The largest absolute Gasteiger partial charge is 0.504 e. The molecule has 0 radical (unpaired) electrons. The Morgan fingerprint density at radius 2 is 1.59 bits per heavy atom. The van der Waals surface area contributed by atoms with E-state index in [0.717, 1.165) is 0 Å². The van der Waals surface area contributed by atoms with Crippen LogP contribution in [0.5, 0.6) is 11.5 Å². The van der Waals surface area contributed by atoms with E-state index >= 15 is 0 Å². The lowest BCUT2D eigenvalue weighted by Gasteiger charge is -2.46. The minimum Gasteiger partial charge on any atom is -0.504 e. The second-order valence-electron chi connectivity index (χ2n) is 8.38. The van der Waals surface area contributed by atoms with Gasteiger partial charge in [0.2, 0.25) is 0 Å². The van der Waals surface area contributed by atoms with Crippen molar-refractivity contribution in [3.63, 3.8) is 0 Å². The molecule has 1 aromatic rings. The summed E-state index contributed by atoms with van der Waals surface area (Å²) in [6, 6.07) is 4.14. The highest BCUT2D eigenvalue weighted by atomic mass is 16.7. The van der Waals surface area contributed by atoms with Crippen molar-refractivity contribution in [2.75, 3.05) is 20.3 Å². The number of hydrogen-bond donors (Lipinski definition) is 9. The molecule has 34 heavy (non-hydrogen) atoms. The Kier molecular flexibility index (Phi) is 9.05. The number of hydrogen-bond acceptors (Lipinski definition) is 13. The molecule has 13 heteroatoms. The van der Waals surface area contributed by atoms with Gasteiger partial charge >= 0.3 is 0 Å². The van der Waals surface area contributed by atoms with E-state index in [1.807, 2.05) is 0 Å². The van der Waals surface area contributed by atoms with E-state index in [1.54, 1.807) is 0 Å². The Balaban J connectivity index is 1.76. The van der Waals surface area contributed by atoms with Crippen molar-refractivity contribution in [2.45, 2.75) is 67.8 Å². The smallest absolute Gasteiger partial charge is 0.187 e. The van der Waals surface area contributed by atoms with E-state index in [1.165, 1.54) is 25.3 Å². The highest BCUT2D eigenvalue weighted by molar-refractivity contribution is 5.42. The van der Waals surface area contributed by atoms with E-state index in [9.17, 15) is 46.0 Å². The fourth-order valence-electron chi connectivity index (χ4n) is 4.19. The Labute approximate surface area is 194 Å². The molecular weight excluding hydrogens is 460 g/mol. The third kappa shape index (κ3) is 5.45. The van der Waals surface area contributed by atoms with Crippen molar-refractivity contribution in [2.24, 2.45) is 5.92 Å². The summed E-state index contributed by atoms with van der Waals surface area (Å²) in [5.74, 6) is -1.16. The van der Waals surface area contributed by atoms with Crippen LogP contribution in [-0.2, 0) is 14.2 Å².